The van der Waals surface area contributed by atoms with Crippen LogP contribution >= 0.6 is 11.3 Å². The van der Waals surface area contributed by atoms with E-state index in [2.05, 4.69) is 10.0 Å². The number of hydrogen-bond donors (Lipinski definition) is 0. The number of amides is 2. The third-order valence-corrected chi connectivity index (χ3v) is 7.32. The molecule has 4 heterocycles. The molecule has 34 heavy (non-hydrogen) atoms. The maximum absolute atomic E-state index is 13.3. The number of piperazine rings is 1. The highest BCUT2D eigenvalue weighted by Crippen LogP contribution is 2.34. The molecule has 1 atom stereocenters. The van der Waals surface area contributed by atoms with E-state index >= 15 is 0 Å². The molecule has 1 unspecified atom stereocenters. The minimum Gasteiger partial charge on any atom is -0.467 e. The summed E-state index contributed by atoms with van der Waals surface area (Å²) in [5, 5.41) is 8.29. The van der Waals surface area contributed by atoms with Crippen LogP contribution in [-0.4, -0.2) is 65.1 Å². The SMILES string of the molecule is Cc1ccc(CC(=O)N2CCN(CC(=O)N3N=C(c4cccs4)CC3c3ccco3)CC2)cc1. The average molecular weight is 477 g/mol. The third kappa shape index (κ3) is 4.98. The van der Waals surface area contributed by atoms with Gasteiger partial charge in [0.15, 0.2) is 0 Å². The fourth-order valence-electron chi connectivity index (χ4n) is 4.45. The van der Waals surface area contributed by atoms with E-state index in [0.717, 1.165) is 21.9 Å². The second kappa shape index (κ2) is 9.95. The number of thiophene rings is 1. The van der Waals surface area contributed by atoms with Crippen LogP contribution in [0.5, 0.6) is 0 Å². The van der Waals surface area contributed by atoms with Gasteiger partial charge in [0.2, 0.25) is 5.91 Å². The summed E-state index contributed by atoms with van der Waals surface area (Å²) in [5.74, 6) is 0.833. The normalized spacial score (nSPS) is 18.9. The first-order valence-corrected chi connectivity index (χ1v) is 12.5. The summed E-state index contributed by atoms with van der Waals surface area (Å²) in [6.07, 6.45) is 2.69. The van der Waals surface area contributed by atoms with Gasteiger partial charge in [-0.15, -0.1) is 11.3 Å². The van der Waals surface area contributed by atoms with Gasteiger partial charge >= 0.3 is 0 Å². The quantitative estimate of drug-likeness (QED) is 0.544. The predicted molar refractivity (Wildman–Crippen MR) is 132 cm³/mol. The zero-order valence-electron chi connectivity index (χ0n) is 19.2. The molecule has 7 nitrogen and oxygen atoms in total. The molecule has 2 aromatic heterocycles. The molecule has 1 aromatic carbocycles. The van der Waals surface area contributed by atoms with E-state index < -0.39 is 0 Å². The molecule has 2 aliphatic heterocycles. The van der Waals surface area contributed by atoms with Crippen LogP contribution in [-0.2, 0) is 16.0 Å². The maximum Gasteiger partial charge on any atom is 0.257 e. The number of hydrogen-bond acceptors (Lipinski definition) is 6. The molecule has 0 aliphatic carbocycles. The standard InChI is InChI=1S/C26H28N4O3S/c1-19-6-8-20(9-7-19)16-25(31)29-12-10-28(11-13-29)18-26(32)30-22(23-4-2-14-33-23)17-21(27-30)24-5-3-15-34-24/h2-9,14-15,22H,10-13,16-18H2,1H3. The van der Waals surface area contributed by atoms with Crippen LogP contribution in [0.25, 0.3) is 0 Å². The Morgan fingerprint density at radius 3 is 2.50 bits per heavy atom. The summed E-state index contributed by atoms with van der Waals surface area (Å²) in [6, 6.07) is 15.6. The molecule has 2 amide bonds. The van der Waals surface area contributed by atoms with Crippen molar-refractivity contribution in [1.29, 1.82) is 0 Å². The van der Waals surface area contributed by atoms with E-state index in [1.54, 1.807) is 22.6 Å². The van der Waals surface area contributed by atoms with Gasteiger partial charge in [0.1, 0.15) is 11.8 Å². The summed E-state index contributed by atoms with van der Waals surface area (Å²) < 4.78 is 5.63. The van der Waals surface area contributed by atoms with Crippen molar-refractivity contribution >= 4 is 28.9 Å². The number of carbonyl (C=O) groups is 2. The summed E-state index contributed by atoms with van der Waals surface area (Å²) in [6.45, 7) is 4.92. The molecule has 1 fully saturated rings. The van der Waals surface area contributed by atoms with Crippen LogP contribution in [0.1, 0.15) is 34.2 Å². The van der Waals surface area contributed by atoms with E-state index in [1.165, 1.54) is 5.56 Å². The van der Waals surface area contributed by atoms with Gasteiger partial charge in [-0.25, -0.2) is 5.01 Å². The zero-order valence-corrected chi connectivity index (χ0v) is 20.0. The van der Waals surface area contributed by atoms with Crippen molar-refractivity contribution in [2.24, 2.45) is 5.10 Å². The second-order valence-electron chi connectivity index (χ2n) is 8.82. The molecule has 2 aliphatic rings. The number of benzene rings is 1. The highest BCUT2D eigenvalue weighted by Gasteiger charge is 2.36. The first-order chi connectivity index (χ1) is 16.6. The number of carbonyl (C=O) groups excluding carboxylic acids is 2. The van der Waals surface area contributed by atoms with Crippen LogP contribution in [0.3, 0.4) is 0 Å². The fourth-order valence-corrected chi connectivity index (χ4v) is 5.17. The van der Waals surface area contributed by atoms with Crippen molar-refractivity contribution in [3.63, 3.8) is 0 Å². The number of aryl methyl sites for hydroxylation is 1. The molecule has 0 radical (unpaired) electrons. The monoisotopic (exact) mass is 476 g/mol. The van der Waals surface area contributed by atoms with Gasteiger partial charge < -0.3 is 9.32 Å². The van der Waals surface area contributed by atoms with E-state index in [4.69, 9.17) is 4.42 Å². The van der Waals surface area contributed by atoms with Crippen molar-refractivity contribution in [2.75, 3.05) is 32.7 Å². The number of nitrogens with zero attached hydrogens (tertiary/aromatic N) is 4. The summed E-state index contributed by atoms with van der Waals surface area (Å²) in [7, 11) is 0. The van der Waals surface area contributed by atoms with Gasteiger partial charge in [-0.1, -0.05) is 35.9 Å². The summed E-state index contributed by atoms with van der Waals surface area (Å²) >= 11 is 1.63. The second-order valence-corrected chi connectivity index (χ2v) is 9.76. The van der Waals surface area contributed by atoms with Gasteiger partial charge in [-0.2, -0.15) is 5.10 Å². The Morgan fingerprint density at radius 2 is 1.82 bits per heavy atom. The van der Waals surface area contributed by atoms with Crippen LogP contribution in [0, 0.1) is 6.92 Å². The smallest absolute Gasteiger partial charge is 0.257 e. The molecule has 5 rings (SSSR count). The first-order valence-electron chi connectivity index (χ1n) is 11.6. The molecule has 0 bridgehead atoms. The summed E-state index contributed by atoms with van der Waals surface area (Å²) in [4.78, 5) is 31.1. The Kier molecular flexibility index (Phi) is 6.60. The Morgan fingerprint density at radius 1 is 1.03 bits per heavy atom. The highest BCUT2D eigenvalue weighted by atomic mass is 32.1. The molecule has 3 aromatic rings. The Balaban J connectivity index is 1.18. The Labute approximate surface area is 203 Å². The van der Waals surface area contributed by atoms with E-state index in [-0.39, 0.29) is 24.4 Å². The lowest BCUT2D eigenvalue weighted by atomic mass is 10.1. The minimum absolute atomic E-state index is 0.0487. The van der Waals surface area contributed by atoms with Crippen molar-refractivity contribution in [1.82, 2.24) is 14.8 Å². The van der Waals surface area contributed by atoms with Gasteiger partial charge in [0.25, 0.3) is 5.91 Å². The van der Waals surface area contributed by atoms with Crippen molar-refractivity contribution in [3.05, 3.63) is 81.9 Å². The highest BCUT2D eigenvalue weighted by molar-refractivity contribution is 7.12. The Hall–Kier alpha value is -3.23. The van der Waals surface area contributed by atoms with E-state index in [9.17, 15) is 9.59 Å². The fraction of sp³-hybridized carbons (Fsp3) is 0.346. The molecule has 0 spiro atoms. The van der Waals surface area contributed by atoms with Gasteiger partial charge in [-0.05, 0) is 36.1 Å². The van der Waals surface area contributed by atoms with Crippen molar-refractivity contribution < 1.29 is 14.0 Å². The van der Waals surface area contributed by atoms with Crippen molar-refractivity contribution in [2.45, 2.75) is 25.8 Å². The van der Waals surface area contributed by atoms with E-state index in [1.807, 2.05) is 65.7 Å². The molecule has 0 N–H and O–H groups in total. The van der Waals surface area contributed by atoms with Crippen LogP contribution < -0.4 is 0 Å². The lowest BCUT2D eigenvalue weighted by molar-refractivity contribution is -0.136. The average Bonchev–Trinajstić information content (AvgIpc) is 3.62. The number of furan rings is 1. The zero-order chi connectivity index (χ0) is 23.5. The lowest BCUT2D eigenvalue weighted by Gasteiger charge is -2.35. The minimum atomic E-state index is -0.225. The molecule has 0 saturated carbocycles. The molecule has 176 valence electrons. The molecular formula is C26H28N4O3S. The topological polar surface area (TPSA) is 69.4 Å². The Bertz CT molecular complexity index is 1150. The molecule has 1 saturated heterocycles. The molecule has 8 heteroatoms. The number of rotatable bonds is 6. The third-order valence-electron chi connectivity index (χ3n) is 6.40. The largest absolute Gasteiger partial charge is 0.467 e. The van der Waals surface area contributed by atoms with Crippen LogP contribution in [0.15, 0.2) is 69.7 Å². The van der Waals surface area contributed by atoms with Gasteiger partial charge in [0.05, 0.1) is 29.8 Å². The van der Waals surface area contributed by atoms with Crippen LogP contribution in [0.4, 0.5) is 0 Å². The van der Waals surface area contributed by atoms with Crippen LogP contribution in [0.2, 0.25) is 0 Å². The molecular weight excluding hydrogens is 448 g/mol. The summed E-state index contributed by atoms with van der Waals surface area (Å²) in [5.41, 5.74) is 3.13. The lowest BCUT2D eigenvalue weighted by Crippen LogP contribution is -2.51. The maximum atomic E-state index is 13.3. The van der Waals surface area contributed by atoms with Gasteiger partial charge in [0, 0.05) is 32.6 Å². The predicted octanol–water partition coefficient (Wildman–Crippen LogP) is 3.71. The number of hydrazone groups is 1. The van der Waals surface area contributed by atoms with Crippen molar-refractivity contribution in [3.8, 4) is 0 Å². The van der Waals surface area contributed by atoms with E-state index in [0.29, 0.717) is 39.0 Å². The first kappa shape index (κ1) is 22.6. The van der Waals surface area contributed by atoms with Gasteiger partial charge in [-0.3, -0.25) is 14.5 Å².